The van der Waals surface area contributed by atoms with Gasteiger partial charge < -0.3 is 9.13 Å². The van der Waals surface area contributed by atoms with Gasteiger partial charge in [-0.05, 0) is 54.4 Å². The number of aromatic nitrogens is 2. The maximum atomic E-state index is 3.66. The summed E-state index contributed by atoms with van der Waals surface area (Å²) >= 11 is 3.66. The number of rotatable bonds is 6. The number of hydrogen-bond donors (Lipinski definition) is 0. The number of benzene rings is 2. The molecular formula is C23H25BrN2. The van der Waals surface area contributed by atoms with E-state index >= 15 is 0 Å². The van der Waals surface area contributed by atoms with Crippen molar-refractivity contribution in [1.29, 1.82) is 0 Å². The van der Waals surface area contributed by atoms with Gasteiger partial charge in [0.15, 0.2) is 0 Å². The van der Waals surface area contributed by atoms with Crippen molar-refractivity contribution in [3.8, 4) is 11.3 Å². The first-order chi connectivity index (χ1) is 12.7. The number of aryl methyl sites for hydroxylation is 2. The van der Waals surface area contributed by atoms with Gasteiger partial charge >= 0.3 is 0 Å². The van der Waals surface area contributed by atoms with Crippen molar-refractivity contribution >= 4 is 37.7 Å². The third-order valence-electron chi connectivity index (χ3n) is 5.30. The fourth-order valence-corrected chi connectivity index (χ4v) is 4.30. The Hall–Kier alpha value is -2.00. The number of unbranched alkanes of at least 4 members (excludes halogenated alkanes) is 3. The van der Waals surface area contributed by atoms with Gasteiger partial charge in [0.05, 0.1) is 0 Å². The van der Waals surface area contributed by atoms with E-state index in [1.54, 1.807) is 0 Å². The maximum absolute atomic E-state index is 3.66. The molecule has 2 heterocycles. The van der Waals surface area contributed by atoms with E-state index in [1.807, 2.05) is 0 Å². The van der Waals surface area contributed by atoms with E-state index in [2.05, 4.69) is 93.8 Å². The van der Waals surface area contributed by atoms with Gasteiger partial charge in [0.1, 0.15) is 0 Å². The smallest absolute Gasteiger partial charge is 0.0492 e. The molecular weight excluding hydrogens is 384 g/mol. The van der Waals surface area contributed by atoms with Crippen LogP contribution in [0.3, 0.4) is 0 Å². The minimum Gasteiger partial charge on any atom is -0.351 e. The van der Waals surface area contributed by atoms with Crippen LogP contribution in [0.15, 0.2) is 59.2 Å². The van der Waals surface area contributed by atoms with Gasteiger partial charge in [-0.25, -0.2) is 0 Å². The predicted octanol–water partition coefficient (Wildman–Crippen LogP) is 7.14. The zero-order valence-corrected chi connectivity index (χ0v) is 17.1. The van der Waals surface area contributed by atoms with Crippen molar-refractivity contribution in [2.24, 2.45) is 7.05 Å². The van der Waals surface area contributed by atoms with Gasteiger partial charge in [0, 0.05) is 51.8 Å². The molecule has 0 aliphatic heterocycles. The molecule has 2 nitrogen and oxygen atoms in total. The van der Waals surface area contributed by atoms with Crippen molar-refractivity contribution in [3.63, 3.8) is 0 Å². The van der Waals surface area contributed by atoms with Gasteiger partial charge in [0.2, 0.25) is 0 Å². The molecule has 4 aromatic rings. The Balaban J connectivity index is 1.86. The zero-order valence-electron chi connectivity index (χ0n) is 15.5. The average Bonchev–Trinajstić information content (AvgIpc) is 3.20. The van der Waals surface area contributed by atoms with Crippen molar-refractivity contribution in [2.45, 2.75) is 39.2 Å². The van der Waals surface area contributed by atoms with E-state index in [0.717, 1.165) is 11.0 Å². The highest BCUT2D eigenvalue weighted by atomic mass is 79.9. The number of fused-ring (bicyclic) bond motifs is 3. The molecule has 0 bridgehead atoms. The average molecular weight is 409 g/mol. The quantitative estimate of drug-likeness (QED) is 0.300. The SMILES string of the molecule is CCCCCCn1c2ccc(Br)cc2c2cc(-c3cccn3C)ccc21. The van der Waals surface area contributed by atoms with Crippen LogP contribution >= 0.6 is 15.9 Å². The van der Waals surface area contributed by atoms with E-state index in [4.69, 9.17) is 0 Å². The summed E-state index contributed by atoms with van der Waals surface area (Å²) in [6.45, 7) is 3.36. The molecule has 0 saturated carbocycles. The molecule has 134 valence electrons. The molecule has 3 heteroatoms. The van der Waals surface area contributed by atoms with Gasteiger partial charge in [-0.15, -0.1) is 0 Å². The van der Waals surface area contributed by atoms with Crippen LogP contribution in [0.4, 0.5) is 0 Å². The Morgan fingerprint density at radius 3 is 2.38 bits per heavy atom. The first-order valence-electron chi connectivity index (χ1n) is 9.52. The summed E-state index contributed by atoms with van der Waals surface area (Å²) in [6.07, 6.45) is 7.24. The van der Waals surface area contributed by atoms with E-state index in [-0.39, 0.29) is 0 Å². The second-order valence-corrected chi connectivity index (χ2v) is 8.03. The van der Waals surface area contributed by atoms with E-state index in [1.165, 1.54) is 58.7 Å². The molecule has 0 N–H and O–H groups in total. The normalized spacial score (nSPS) is 11.7. The van der Waals surface area contributed by atoms with Crippen molar-refractivity contribution in [2.75, 3.05) is 0 Å². The molecule has 0 unspecified atom stereocenters. The number of halogens is 1. The molecule has 0 radical (unpaired) electrons. The van der Waals surface area contributed by atoms with Gasteiger partial charge in [-0.2, -0.15) is 0 Å². The highest BCUT2D eigenvalue weighted by Crippen LogP contribution is 2.34. The lowest BCUT2D eigenvalue weighted by Crippen LogP contribution is -1.97. The zero-order chi connectivity index (χ0) is 18.1. The second-order valence-electron chi connectivity index (χ2n) is 7.11. The maximum Gasteiger partial charge on any atom is 0.0492 e. The van der Waals surface area contributed by atoms with Gasteiger partial charge in [0.25, 0.3) is 0 Å². The summed E-state index contributed by atoms with van der Waals surface area (Å²) in [4.78, 5) is 0. The third-order valence-corrected chi connectivity index (χ3v) is 5.79. The van der Waals surface area contributed by atoms with Crippen LogP contribution in [-0.2, 0) is 13.6 Å². The van der Waals surface area contributed by atoms with Crippen LogP contribution in [0.1, 0.15) is 32.6 Å². The minimum atomic E-state index is 1.09. The molecule has 0 atom stereocenters. The molecule has 0 fully saturated rings. The fraction of sp³-hybridized carbons (Fsp3) is 0.304. The van der Waals surface area contributed by atoms with E-state index < -0.39 is 0 Å². The molecule has 2 aromatic carbocycles. The third kappa shape index (κ3) is 3.09. The molecule has 0 aliphatic rings. The van der Waals surface area contributed by atoms with Gasteiger partial charge in [-0.3, -0.25) is 0 Å². The molecule has 0 amide bonds. The van der Waals surface area contributed by atoms with Gasteiger partial charge in [-0.1, -0.05) is 48.2 Å². The van der Waals surface area contributed by atoms with Crippen molar-refractivity contribution in [3.05, 3.63) is 59.2 Å². The monoisotopic (exact) mass is 408 g/mol. The minimum absolute atomic E-state index is 1.09. The topological polar surface area (TPSA) is 9.86 Å². The summed E-state index contributed by atoms with van der Waals surface area (Å²) in [7, 11) is 2.10. The summed E-state index contributed by atoms with van der Waals surface area (Å²) in [6, 6.07) is 17.9. The predicted molar refractivity (Wildman–Crippen MR) is 116 cm³/mol. The highest BCUT2D eigenvalue weighted by Gasteiger charge is 2.12. The Morgan fingerprint density at radius 2 is 1.65 bits per heavy atom. The van der Waals surface area contributed by atoms with Crippen molar-refractivity contribution < 1.29 is 0 Å². The largest absolute Gasteiger partial charge is 0.351 e. The number of hydrogen-bond acceptors (Lipinski definition) is 0. The first-order valence-corrected chi connectivity index (χ1v) is 10.3. The lowest BCUT2D eigenvalue weighted by Gasteiger charge is -2.08. The lowest BCUT2D eigenvalue weighted by molar-refractivity contribution is 0.602. The Kier molecular flexibility index (Phi) is 4.90. The molecule has 0 aliphatic carbocycles. The highest BCUT2D eigenvalue weighted by molar-refractivity contribution is 9.10. The summed E-state index contributed by atoms with van der Waals surface area (Å²) < 4.78 is 5.82. The molecule has 2 aromatic heterocycles. The van der Waals surface area contributed by atoms with Crippen LogP contribution in [0.25, 0.3) is 33.1 Å². The summed E-state index contributed by atoms with van der Waals surface area (Å²) in [5.74, 6) is 0. The molecule has 4 rings (SSSR count). The standard InChI is InChI=1S/C23H25BrN2/c1-3-4-5-6-14-26-22-11-9-17(21-8-7-13-25(21)2)15-19(22)20-16-18(24)10-12-23(20)26/h7-13,15-16H,3-6,14H2,1-2H3. The summed E-state index contributed by atoms with van der Waals surface area (Å²) in [5.41, 5.74) is 5.21. The van der Waals surface area contributed by atoms with Crippen LogP contribution in [0.2, 0.25) is 0 Å². The van der Waals surface area contributed by atoms with Crippen LogP contribution < -0.4 is 0 Å². The lowest BCUT2D eigenvalue weighted by atomic mass is 10.1. The van der Waals surface area contributed by atoms with Crippen LogP contribution in [0, 0.1) is 0 Å². The Bertz CT molecular complexity index is 1050. The Labute approximate surface area is 163 Å². The summed E-state index contributed by atoms with van der Waals surface area (Å²) in [5, 5.41) is 2.68. The van der Waals surface area contributed by atoms with E-state index in [9.17, 15) is 0 Å². The fourth-order valence-electron chi connectivity index (χ4n) is 3.93. The molecule has 26 heavy (non-hydrogen) atoms. The first kappa shape index (κ1) is 17.4. The van der Waals surface area contributed by atoms with Crippen molar-refractivity contribution in [1.82, 2.24) is 9.13 Å². The molecule has 0 spiro atoms. The Morgan fingerprint density at radius 1 is 0.885 bits per heavy atom. The van der Waals surface area contributed by atoms with E-state index in [0.29, 0.717) is 0 Å². The van der Waals surface area contributed by atoms with Crippen LogP contribution in [-0.4, -0.2) is 9.13 Å². The van der Waals surface area contributed by atoms with Crippen LogP contribution in [0.5, 0.6) is 0 Å². The second kappa shape index (κ2) is 7.32. The number of nitrogens with zero attached hydrogens (tertiary/aromatic N) is 2. The molecule has 0 saturated heterocycles.